The number of amides is 1. The SMILES string of the molecule is O=C(c1ccoc1)N1CCN(Cc2ccccc2)CC1. The molecule has 1 aliphatic heterocycles. The molecule has 0 N–H and O–H groups in total. The molecular weight excluding hydrogens is 252 g/mol. The van der Waals surface area contributed by atoms with Crippen LogP contribution in [-0.4, -0.2) is 41.9 Å². The molecule has 0 bridgehead atoms. The second kappa shape index (κ2) is 5.92. The first-order valence-corrected chi connectivity index (χ1v) is 6.91. The predicted molar refractivity (Wildman–Crippen MR) is 76.3 cm³/mol. The lowest BCUT2D eigenvalue weighted by Gasteiger charge is -2.34. The summed E-state index contributed by atoms with van der Waals surface area (Å²) in [7, 11) is 0. The zero-order valence-corrected chi connectivity index (χ0v) is 11.4. The van der Waals surface area contributed by atoms with Gasteiger partial charge in [-0.25, -0.2) is 0 Å². The van der Waals surface area contributed by atoms with Crippen LogP contribution in [0.1, 0.15) is 15.9 Å². The third kappa shape index (κ3) is 2.91. The monoisotopic (exact) mass is 270 g/mol. The Morgan fingerprint density at radius 1 is 1.05 bits per heavy atom. The van der Waals surface area contributed by atoms with Crippen molar-refractivity contribution in [3.63, 3.8) is 0 Å². The highest BCUT2D eigenvalue weighted by Crippen LogP contribution is 2.11. The number of hydrogen-bond acceptors (Lipinski definition) is 3. The van der Waals surface area contributed by atoms with E-state index in [2.05, 4.69) is 29.2 Å². The van der Waals surface area contributed by atoms with Crippen LogP contribution in [0.25, 0.3) is 0 Å². The van der Waals surface area contributed by atoms with E-state index in [1.807, 2.05) is 11.0 Å². The van der Waals surface area contributed by atoms with Gasteiger partial charge in [0.15, 0.2) is 0 Å². The van der Waals surface area contributed by atoms with Gasteiger partial charge < -0.3 is 9.32 Å². The maximum absolute atomic E-state index is 12.2. The van der Waals surface area contributed by atoms with Crippen LogP contribution in [0.2, 0.25) is 0 Å². The fourth-order valence-corrected chi connectivity index (χ4v) is 2.52. The number of carbonyl (C=O) groups excluding carboxylic acids is 1. The van der Waals surface area contributed by atoms with Crippen molar-refractivity contribution in [2.24, 2.45) is 0 Å². The molecule has 4 nitrogen and oxygen atoms in total. The molecule has 20 heavy (non-hydrogen) atoms. The van der Waals surface area contributed by atoms with Crippen LogP contribution in [0.3, 0.4) is 0 Å². The fourth-order valence-electron chi connectivity index (χ4n) is 2.52. The fraction of sp³-hybridized carbons (Fsp3) is 0.312. The lowest BCUT2D eigenvalue weighted by molar-refractivity contribution is 0.0628. The summed E-state index contributed by atoms with van der Waals surface area (Å²) < 4.78 is 4.97. The van der Waals surface area contributed by atoms with E-state index in [0.717, 1.165) is 32.7 Å². The Kier molecular flexibility index (Phi) is 3.83. The van der Waals surface area contributed by atoms with Crippen molar-refractivity contribution >= 4 is 5.91 Å². The minimum atomic E-state index is 0.0677. The van der Waals surface area contributed by atoms with Gasteiger partial charge in [-0.3, -0.25) is 9.69 Å². The van der Waals surface area contributed by atoms with Crippen LogP contribution in [0.15, 0.2) is 53.3 Å². The Bertz CT molecular complexity index is 543. The number of hydrogen-bond donors (Lipinski definition) is 0. The Morgan fingerprint density at radius 2 is 1.80 bits per heavy atom. The summed E-state index contributed by atoms with van der Waals surface area (Å²) in [5, 5.41) is 0. The molecule has 3 rings (SSSR count). The van der Waals surface area contributed by atoms with Crippen LogP contribution in [-0.2, 0) is 6.54 Å². The molecule has 2 heterocycles. The molecule has 0 saturated carbocycles. The Morgan fingerprint density at radius 3 is 2.45 bits per heavy atom. The van der Waals surface area contributed by atoms with Crippen LogP contribution in [0, 0.1) is 0 Å². The van der Waals surface area contributed by atoms with Gasteiger partial charge in [-0.2, -0.15) is 0 Å². The Labute approximate surface area is 118 Å². The summed E-state index contributed by atoms with van der Waals surface area (Å²) in [4.78, 5) is 16.5. The van der Waals surface area contributed by atoms with Crippen molar-refractivity contribution in [3.05, 3.63) is 60.1 Å². The molecule has 104 valence electrons. The highest BCUT2D eigenvalue weighted by atomic mass is 16.3. The average molecular weight is 270 g/mol. The van der Waals surface area contributed by atoms with E-state index >= 15 is 0 Å². The first-order chi connectivity index (χ1) is 9.83. The van der Waals surface area contributed by atoms with E-state index in [0.29, 0.717) is 5.56 Å². The van der Waals surface area contributed by atoms with E-state index in [1.165, 1.54) is 11.8 Å². The molecule has 1 aromatic carbocycles. The van der Waals surface area contributed by atoms with Gasteiger partial charge in [0.1, 0.15) is 6.26 Å². The summed E-state index contributed by atoms with van der Waals surface area (Å²) in [6, 6.07) is 12.2. The predicted octanol–water partition coefficient (Wildman–Crippen LogP) is 2.24. The van der Waals surface area contributed by atoms with Crippen LogP contribution < -0.4 is 0 Å². The third-order valence-corrected chi connectivity index (χ3v) is 3.68. The first kappa shape index (κ1) is 12.9. The van der Waals surface area contributed by atoms with Gasteiger partial charge in [0.25, 0.3) is 5.91 Å². The molecule has 1 aromatic heterocycles. The van der Waals surface area contributed by atoms with Gasteiger partial charge in [0.2, 0.25) is 0 Å². The summed E-state index contributed by atoms with van der Waals surface area (Å²) in [5.41, 5.74) is 1.96. The van der Waals surface area contributed by atoms with Crippen LogP contribution in [0.5, 0.6) is 0 Å². The minimum Gasteiger partial charge on any atom is -0.472 e. The zero-order valence-electron chi connectivity index (χ0n) is 11.4. The number of furan rings is 1. The van der Waals surface area contributed by atoms with Crippen molar-refractivity contribution in [1.29, 1.82) is 0 Å². The van der Waals surface area contributed by atoms with Gasteiger partial charge in [0, 0.05) is 32.7 Å². The average Bonchev–Trinajstić information content (AvgIpc) is 3.03. The summed E-state index contributed by atoms with van der Waals surface area (Å²) >= 11 is 0. The van der Waals surface area contributed by atoms with E-state index in [4.69, 9.17) is 4.42 Å². The molecular formula is C16H18N2O2. The van der Waals surface area contributed by atoms with Crippen molar-refractivity contribution < 1.29 is 9.21 Å². The topological polar surface area (TPSA) is 36.7 Å². The highest BCUT2D eigenvalue weighted by Gasteiger charge is 2.22. The minimum absolute atomic E-state index is 0.0677. The normalized spacial score (nSPS) is 16.3. The molecule has 2 aromatic rings. The lowest BCUT2D eigenvalue weighted by atomic mass is 10.2. The second-order valence-corrected chi connectivity index (χ2v) is 5.07. The zero-order chi connectivity index (χ0) is 13.8. The summed E-state index contributed by atoms with van der Waals surface area (Å²) in [5.74, 6) is 0.0677. The number of carbonyl (C=O) groups is 1. The summed E-state index contributed by atoms with van der Waals surface area (Å²) in [6.07, 6.45) is 3.05. The number of benzene rings is 1. The highest BCUT2D eigenvalue weighted by molar-refractivity contribution is 5.93. The lowest BCUT2D eigenvalue weighted by Crippen LogP contribution is -2.48. The Balaban J connectivity index is 1.53. The van der Waals surface area contributed by atoms with E-state index in [1.54, 1.807) is 12.3 Å². The first-order valence-electron chi connectivity index (χ1n) is 6.91. The van der Waals surface area contributed by atoms with Crippen LogP contribution in [0.4, 0.5) is 0 Å². The van der Waals surface area contributed by atoms with Gasteiger partial charge >= 0.3 is 0 Å². The second-order valence-electron chi connectivity index (χ2n) is 5.07. The number of piperazine rings is 1. The smallest absolute Gasteiger partial charge is 0.257 e. The van der Waals surface area contributed by atoms with Crippen molar-refractivity contribution in [1.82, 2.24) is 9.80 Å². The van der Waals surface area contributed by atoms with Crippen molar-refractivity contribution in [2.45, 2.75) is 6.54 Å². The molecule has 1 fully saturated rings. The molecule has 0 atom stereocenters. The number of nitrogens with zero attached hydrogens (tertiary/aromatic N) is 2. The third-order valence-electron chi connectivity index (χ3n) is 3.68. The maximum atomic E-state index is 12.2. The summed E-state index contributed by atoms with van der Waals surface area (Å²) in [6.45, 7) is 4.33. The molecule has 4 heteroatoms. The number of rotatable bonds is 3. The van der Waals surface area contributed by atoms with Gasteiger partial charge in [-0.1, -0.05) is 30.3 Å². The molecule has 1 aliphatic rings. The van der Waals surface area contributed by atoms with E-state index in [9.17, 15) is 4.79 Å². The molecule has 0 spiro atoms. The van der Waals surface area contributed by atoms with Gasteiger partial charge in [-0.05, 0) is 11.6 Å². The standard InChI is InChI=1S/C16H18N2O2/c19-16(15-6-11-20-13-15)18-9-7-17(8-10-18)12-14-4-2-1-3-5-14/h1-6,11,13H,7-10,12H2. The van der Waals surface area contributed by atoms with E-state index < -0.39 is 0 Å². The largest absolute Gasteiger partial charge is 0.472 e. The molecule has 0 radical (unpaired) electrons. The van der Waals surface area contributed by atoms with Crippen LogP contribution >= 0.6 is 0 Å². The molecule has 0 aliphatic carbocycles. The van der Waals surface area contributed by atoms with E-state index in [-0.39, 0.29) is 5.91 Å². The quantitative estimate of drug-likeness (QED) is 0.858. The van der Waals surface area contributed by atoms with Crippen molar-refractivity contribution in [2.75, 3.05) is 26.2 Å². The van der Waals surface area contributed by atoms with Gasteiger partial charge in [-0.15, -0.1) is 0 Å². The maximum Gasteiger partial charge on any atom is 0.257 e. The molecule has 1 amide bonds. The molecule has 0 unspecified atom stereocenters. The van der Waals surface area contributed by atoms with Gasteiger partial charge in [0.05, 0.1) is 11.8 Å². The molecule has 1 saturated heterocycles. The van der Waals surface area contributed by atoms with Crippen molar-refractivity contribution in [3.8, 4) is 0 Å². The Hall–Kier alpha value is -2.07.